The van der Waals surface area contributed by atoms with Gasteiger partial charge in [-0.2, -0.15) is 5.10 Å². The zero-order valence-electron chi connectivity index (χ0n) is 12.9. The molecule has 4 nitrogen and oxygen atoms in total. The number of rotatable bonds is 4. The van der Waals surface area contributed by atoms with Crippen LogP contribution in [-0.4, -0.2) is 33.2 Å². The number of halogens is 1. The van der Waals surface area contributed by atoms with Gasteiger partial charge < -0.3 is 4.90 Å². The van der Waals surface area contributed by atoms with Gasteiger partial charge in [-0.05, 0) is 48.9 Å². The summed E-state index contributed by atoms with van der Waals surface area (Å²) in [5.41, 5.74) is 1.08. The summed E-state index contributed by atoms with van der Waals surface area (Å²) in [6.45, 7) is 1.62. The Labute approximate surface area is 134 Å². The molecule has 1 saturated heterocycles. The lowest BCUT2D eigenvalue weighted by molar-refractivity contribution is -0.133. The van der Waals surface area contributed by atoms with Crippen molar-refractivity contribution in [2.45, 2.75) is 37.8 Å². The van der Waals surface area contributed by atoms with E-state index in [-0.39, 0.29) is 29.6 Å². The average molecular weight is 313 g/mol. The fraction of sp³-hybridized carbons (Fsp3) is 0.444. The lowest BCUT2D eigenvalue weighted by Gasteiger charge is -2.25. The van der Waals surface area contributed by atoms with Crippen molar-refractivity contribution in [1.29, 1.82) is 0 Å². The van der Waals surface area contributed by atoms with E-state index in [1.807, 2.05) is 21.8 Å². The van der Waals surface area contributed by atoms with E-state index in [9.17, 15) is 9.18 Å². The van der Waals surface area contributed by atoms with Crippen molar-refractivity contribution in [2.24, 2.45) is 5.92 Å². The highest BCUT2D eigenvalue weighted by atomic mass is 19.1. The molecule has 120 valence electrons. The molecule has 0 radical (unpaired) electrons. The zero-order chi connectivity index (χ0) is 15.8. The number of benzene rings is 1. The topological polar surface area (TPSA) is 38.1 Å². The van der Waals surface area contributed by atoms with Crippen LogP contribution in [-0.2, 0) is 11.3 Å². The first-order valence-electron chi connectivity index (χ1n) is 8.26. The number of amides is 1. The van der Waals surface area contributed by atoms with Gasteiger partial charge in [0.1, 0.15) is 5.82 Å². The van der Waals surface area contributed by atoms with Crippen molar-refractivity contribution in [3.63, 3.8) is 0 Å². The van der Waals surface area contributed by atoms with Crippen LogP contribution in [0.2, 0.25) is 0 Å². The summed E-state index contributed by atoms with van der Waals surface area (Å²) in [4.78, 5) is 14.9. The summed E-state index contributed by atoms with van der Waals surface area (Å²) >= 11 is 0. The minimum atomic E-state index is -0.226. The third-order valence-corrected chi connectivity index (χ3v) is 5.02. The molecular formula is C18H20FN3O. The largest absolute Gasteiger partial charge is 0.338 e. The van der Waals surface area contributed by atoms with E-state index in [0.717, 1.165) is 37.9 Å². The first kappa shape index (κ1) is 14.4. The van der Waals surface area contributed by atoms with Crippen molar-refractivity contribution in [3.8, 4) is 0 Å². The summed E-state index contributed by atoms with van der Waals surface area (Å²) in [6.07, 6.45) is 6.70. The van der Waals surface area contributed by atoms with Crippen LogP contribution in [0.15, 0.2) is 42.7 Å². The summed E-state index contributed by atoms with van der Waals surface area (Å²) < 4.78 is 14.9. The number of hydrogen-bond donors (Lipinski definition) is 0. The summed E-state index contributed by atoms with van der Waals surface area (Å²) in [5, 5.41) is 4.25. The third-order valence-electron chi connectivity index (χ3n) is 5.02. The van der Waals surface area contributed by atoms with Crippen LogP contribution in [0.1, 0.15) is 30.7 Å². The fourth-order valence-electron chi connectivity index (χ4n) is 3.70. The Morgan fingerprint density at radius 1 is 1.30 bits per heavy atom. The highest BCUT2D eigenvalue weighted by Crippen LogP contribution is 2.49. The van der Waals surface area contributed by atoms with Crippen molar-refractivity contribution >= 4 is 5.91 Å². The number of hydrogen-bond acceptors (Lipinski definition) is 2. The molecule has 0 spiro atoms. The maximum Gasteiger partial charge on any atom is 0.226 e. The molecule has 23 heavy (non-hydrogen) atoms. The van der Waals surface area contributed by atoms with Crippen LogP contribution in [0.3, 0.4) is 0 Å². The predicted molar refractivity (Wildman–Crippen MR) is 84.2 cm³/mol. The molecule has 1 aromatic carbocycles. The van der Waals surface area contributed by atoms with E-state index in [0.29, 0.717) is 0 Å². The Hall–Kier alpha value is -2.17. The second-order valence-corrected chi connectivity index (χ2v) is 6.56. The van der Waals surface area contributed by atoms with Gasteiger partial charge >= 0.3 is 0 Å². The molecule has 1 aliphatic heterocycles. The molecule has 1 aromatic heterocycles. The van der Waals surface area contributed by atoms with Gasteiger partial charge in [-0.3, -0.25) is 9.48 Å². The highest BCUT2D eigenvalue weighted by Gasteiger charge is 2.47. The van der Waals surface area contributed by atoms with E-state index in [2.05, 4.69) is 5.10 Å². The van der Waals surface area contributed by atoms with Gasteiger partial charge in [0.15, 0.2) is 0 Å². The molecular weight excluding hydrogens is 293 g/mol. The quantitative estimate of drug-likeness (QED) is 0.870. The SMILES string of the molecule is O=C([C@@H]1C[C@@H]1c1ccc(F)cc1)N1CCC[C@@H]1Cn1cccn1. The molecule has 2 heterocycles. The molecule has 0 bridgehead atoms. The normalized spacial score (nSPS) is 26.5. The van der Waals surface area contributed by atoms with Gasteiger partial charge in [0.25, 0.3) is 0 Å². The highest BCUT2D eigenvalue weighted by molar-refractivity contribution is 5.83. The zero-order valence-corrected chi connectivity index (χ0v) is 12.9. The average Bonchev–Trinajstić information content (AvgIpc) is 2.95. The lowest BCUT2D eigenvalue weighted by atomic mass is 10.1. The van der Waals surface area contributed by atoms with Crippen molar-refractivity contribution in [1.82, 2.24) is 14.7 Å². The van der Waals surface area contributed by atoms with E-state index in [1.165, 1.54) is 12.1 Å². The Bertz CT molecular complexity index is 683. The Morgan fingerprint density at radius 2 is 2.13 bits per heavy atom. The van der Waals surface area contributed by atoms with Gasteiger partial charge in [0.05, 0.1) is 12.6 Å². The number of nitrogens with zero attached hydrogens (tertiary/aromatic N) is 3. The van der Waals surface area contributed by atoms with Crippen LogP contribution in [0.4, 0.5) is 4.39 Å². The molecule has 1 saturated carbocycles. The van der Waals surface area contributed by atoms with E-state index in [1.54, 1.807) is 18.3 Å². The molecule has 2 fully saturated rings. The molecule has 2 aliphatic rings. The number of aromatic nitrogens is 2. The monoisotopic (exact) mass is 313 g/mol. The van der Waals surface area contributed by atoms with Crippen LogP contribution >= 0.6 is 0 Å². The number of likely N-dealkylation sites (tertiary alicyclic amines) is 1. The van der Waals surface area contributed by atoms with Gasteiger partial charge in [-0.15, -0.1) is 0 Å². The van der Waals surface area contributed by atoms with Gasteiger partial charge in [0.2, 0.25) is 5.91 Å². The standard InChI is InChI=1S/C18H20FN3O/c19-14-6-4-13(5-7-14)16-11-17(16)18(23)22-10-1-3-15(22)12-21-9-2-8-20-21/h2,4-9,15-17H,1,3,10-12H2/t15-,16-,17-/m1/s1. The molecule has 0 unspecified atom stereocenters. The van der Waals surface area contributed by atoms with Crippen LogP contribution in [0, 0.1) is 11.7 Å². The summed E-state index contributed by atoms with van der Waals surface area (Å²) in [5.74, 6) is 0.359. The van der Waals surface area contributed by atoms with Gasteiger partial charge in [0, 0.05) is 24.9 Å². The van der Waals surface area contributed by atoms with Crippen LogP contribution in [0.25, 0.3) is 0 Å². The van der Waals surface area contributed by atoms with E-state index < -0.39 is 0 Å². The van der Waals surface area contributed by atoms with Gasteiger partial charge in [-0.25, -0.2) is 4.39 Å². The molecule has 0 N–H and O–H groups in total. The second kappa shape index (κ2) is 5.80. The molecule has 4 rings (SSSR count). The Kier molecular flexibility index (Phi) is 3.63. The summed E-state index contributed by atoms with van der Waals surface area (Å²) in [7, 11) is 0. The lowest BCUT2D eigenvalue weighted by Crippen LogP contribution is -2.39. The van der Waals surface area contributed by atoms with Crippen molar-refractivity contribution in [2.75, 3.05) is 6.54 Å². The minimum absolute atomic E-state index is 0.0682. The molecule has 5 heteroatoms. The van der Waals surface area contributed by atoms with Crippen molar-refractivity contribution < 1.29 is 9.18 Å². The first-order chi connectivity index (χ1) is 11.2. The molecule has 2 aromatic rings. The maximum atomic E-state index is 13.0. The summed E-state index contributed by atoms with van der Waals surface area (Å²) in [6, 6.07) is 8.72. The van der Waals surface area contributed by atoms with Crippen LogP contribution in [0.5, 0.6) is 0 Å². The Balaban J connectivity index is 1.41. The Morgan fingerprint density at radius 3 is 2.87 bits per heavy atom. The van der Waals surface area contributed by atoms with Crippen LogP contribution < -0.4 is 0 Å². The first-order valence-corrected chi connectivity index (χ1v) is 8.26. The second-order valence-electron chi connectivity index (χ2n) is 6.56. The predicted octanol–water partition coefficient (Wildman–Crippen LogP) is 2.82. The third kappa shape index (κ3) is 2.87. The van der Waals surface area contributed by atoms with Gasteiger partial charge in [-0.1, -0.05) is 12.1 Å². The molecule has 1 aliphatic carbocycles. The minimum Gasteiger partial charge on any atom is -0.338 e. The van der Waals surface area contributed by atoms with E-state index in [4.69, 9.17) is 0 Å². The smallest absolute Gasteiger partial charge is 0.226 e. The number of carbonyl (C=O) groups is 1. The molecule has 3 atom stereocenters. The molecule has 1 amide bonds. The van der Waals surface area contributed by atoms with E-state index >= 15 is 0 Å². The fourth-order valence-corrected chi connectivity index (χ4v) is 3.70. The van der Waals surface area contributed by atoms with Crippen molar-refractivity contribution in [3.05, 3.63) is 54.1 Å². The number of carbonyl (C=O) groups excluding carboxylic acids is 1. The maximum absolute atomic E-state index is 13.0.